The van der Waals surface area contributed by atoms with E-state index in [9.17, 15) is 14.7 Å². The van der Waals surface area contributed by atoms with Crippen LogP contribution in [0.25, 0.3) is 11.3 Å². The normalized spacial score (nSPS) is 12.7. The minimum Gasteiger partial charge on any atom is -0.507 e. The number of anilines is 1. The highest BCUT2D eigenvalue weighted by Crippen LogP contribution is 2.42. The number of aromatic hydroxyl groups is 1. The molecule has 0 unspecified atom stereocenters. The second kappa shape index (κ2) is 9.95. The lowest BCUT2D eigenvalue weighted by molar-refractivity contribution is 0.102. The molecule has 0 bridgehead atoms. The predicted octanol–water partition coefficient (Wildman–Crippen LogP) is 5.15. The summed E-state index contributed by atoms with van der Waals surface area (Å²) in [5.74, 6) is 0.328. The molecule has 8 heteroatoms. The molecule has 1 fully saturated rings. The number of nitrogens with zero attached hydrogens (tertiary/aromatic N) is 2. The number of carbonyl (C=O) groups excluding carboxylic acids is 2. The van der Waals surface area contributed by atoms with Gasteiger partial charge >= 0.3 is 6.03 Å². The molecule has 3 aromatic carbocycles. The van der Waals surface area contributed by atoms with E-state index in [4.69, 9.17) is 4.74 Å². The first-order valence-corrected chi connectivity index (χ1v) is 11.7. The van der Waals surface area contributed by atoms with Gasteiger partial charge < -0.3 is 20.5 Å². The van der Waals surface area contributed by atoms with Crippen LogP contribution in [0, 0.1) is 0 Å². The number of aromatic nitrogens is 2. The van der Waals surface area contributed by atoms with Crippen LogP contribution in [-0.4, -0.2) is 33.9 Å². The summed E-state index contributed by atoms with van der Waals surface area (Å²) in [6.45, 7) is 0.394. The molecule has 0 spiro atoms. The largest absolute Gasteiger partial charge is 0.507 e. The molecule has 4 aromatic rings. The summed E-state index contributed by atoms with van der Waals surface area (Å²) in [5, 5.41) is 21.0. The zero-order valence-electron chi connectivity index (χ0n) is 19.8. The summed E-state index contributed by atoms with van der Waals surface area (Å²) < 4.78 is 6.65. The van der Waals surface area contributed by atoms with Crippen LogP contribution in [0.5, 0.6) is 11.5 Å². The van der Waals surface area contributed by atoms with Gasteiger partial charge in [0.2, 0.25) is 0 Å². The topological polar surface area (TPSA) is 105 Å². The number of methoxy groups -OCH3 is 1. The number of carbonyl (C=O) groups is 2. The van der Waals surface area contributed by atoms with Crippen molar-refractivity contribution < 1.29 is 19.4 Å². The molecular formula is C28H26N4O4. The minimum atomic E-state index is -0.352. The lowest BCUT2D eigenvalue weighted by Gasteiger charge is -2.10. The molecule has 1 aromatic heterocycles. The van der Waals surface area contributed by atoms with Gasteiger partial charge in [0.25, 0.3) is 5.91 Å². The van der Waals surface area contributed by atoms with E-state index in [0.29, 0.717) is 34.8 Å². The third-order valence-corrected chi connectivity index (χ3v) is 6.09. The van der Waals surface area contributed by atoms with Gasteiger partial charge in [0.1, 0.15) is 11.5 Å². The molecule has 1 heterocycles. The van der Waals surface area contributed by atoms with Crippen molar-refractivity contribution in [1.82, 2.24) is 15.1 Å². The van der Waals surface area contributed by atoms with Crippen LogP contribution in [0.4, 0.5) is 10.5 Å². The van der Waals surface area contributed by atoms with Crippen molar-refractivity contribution in [2.24, 2.45) is 0 Å². The zero-order chi connectivity index (χ0) is 25.1. The lowest BCUT2D eigenvalue weighted by Crippen LogP contribution is -2.30. The third-order valence-electron chi connectivity index (χ3n) is 6.09. The van der Waals surface area contributed by atoms with Crippen LogP contribution in [0.1, 0.15) is 40.4 Å². The Hall–Kier alpha value is -4.59. The summed E-state index contributed by atoms with van der Waals surface area (Å²) in [7, 11) is 1.50. The summed E-state index contributed by atoms with van der Waals surface area (Å²) in [6.07, 6.45) is 1.99. The van der Waals surface area contributed by atoms with Crippen molar-refractivity contribution in [3.63, 3.8) is 0 Å². The first kappa shape index (κ1) is 23.2. The first-order chi connectivity index (χ1) is 17.5. The maximum absolute atomic E-state index is 12.9. The van der Waals surface area contributed by atoms with Crippen LogP contribution < -0.4 is 15.4 Å². The average Bonchev–Trinajstić information content (AvgIpc) is 3.66. The zero-order valence-corrected chi connectivity index (χ0v) is 19.8. The Bertz CT molecular complexity index is 1410. The molecule has 8 nitrogen and oxygen atoms in total. The molecule has 0 aliphatic heterocycles. The van der Waals surface area contributed by atoms with Gasteiger partial charge in [-0.25, -0.2) is 4.79 Å². The van der Waals surface area contributed by atoms with Crippen LogP contribution in [0.3, 0.4) is 0 Å². The van der Waals surface area contributed by atoms with Gasteiger partial charge in [0.15, 0.2) is 0 Å². The number of ether oxygens (including phenoxy) is 1. The lowest BCUT2D eigenvalue weighted by atomic mass is 10.1. The maximum Gasteiger partial charge on any atom is 0.342 e. The molecule has 0 atom stereocenters. The van der Waals surface area contributed by atoms with E-state index in [-0.39, 0.29) is 23.6 Å². The van der Waals surface area contributed by atoms with Crippen molar-refractivity contribution in [1.29, 1.82) is 0 Å². The van der Waals surface area contributed by atoms with E-state index < -0.39 is 0 Å². The molecule has 1 aliphatic carbocycles. The standard InChI is InChI=1S/C28H26N4O4/c1-36-26-10-6-5-9-22(26)27(34)30-20-13-14-21(25(33)15-20)23-16-24(19-11-12-19)32(31-23)28(35)29-17-18-7-3-2-4-8-18/h2-10,13-16,19,33H,11-12,17H2,1H3,(H,29,35)(H,30,34). The quantitative estimate of drug-likeness (QED) is 0.338. The number of benzene rings is 3. The van der Waals surface area contributed by atoms with Crippen molar-refractivity contribution in [2.45, 2.75) is 25.3 Å². The number of hydrogen-bond donors (Lipinski definition) is 3. The summed E-state index contributed by atoms with van der Waals surface area (Å²) in [4.78, 5) is 25.6. The van der Waals surface area contributed by atoms with E-state index in [1.165, 1.54) is 17.9 Å². The number of para-hydroxylation sites is 1. The molecule has 182 valence electrons. The summed E-state index contributed by atoms with van der Waals surface area (Å²) in [5.41, 5.74) is 3.60. The second-order valence-electron chi connectivity index (χ2n) is 8.67. The van der Waals surface area contributed by atoms with E-state index in [1.54, 1.807) is 36.4 Å². The Morgan fingerprint density at radius 3 is 2.50 bits per heavy atom. The first-order valence-electron chi connectivity index (χ1n) is 11.7. The van der Waals surface area contributed by atoms with E-state index in [1.807, 2.05) is 36.4 Å². The highest BCUT2D eigenvalue weighted by atomic mass is 16.5. The molecule has 1 aliphatic rings. The number of hydrogen-bond acceptors (Lipinski definition) is 5. The molecule has 5 rings (SSSR count). The highest BCUT2D eigenvalue weighted by Gasteiger charge is 2.30. The van der Waals surface area contributed by atoms with Crippen LogP contribution >= 0.6 is 0 Å². The minimum absolute atomic E-state index is 0.0514. The smallest absolute Gasteiger partial charge is 0.342 e. The Labute approximate surface area is 208 Å². The van der Waals surface area contributed by atoms with Crippen molar-refractivity contribution >= 4 is 17.6 Å². The number of phenols is 1. The van der Waals surface area contributed by atoms with E-state index >= 15 is 0 Å². The average molecular weight is 483 g/mol. The van der Waals surface area contributed by atoms with Crippen molar-refractivity contribution in [2.75, 3.05) is 12.4 Å². The molecular weight excluding hydrogens is 456 g/mol. The number of rotatable bonds is 7. The van der Waals surface area contributed by atoms with Crippen molar-refractivity contribution in [3.8, 4) is 22.8 Å². The molecule has 3 N–H and O–H groups in total. The number of amides is 2. The molecule has 1 saturated carbocycles. The Morgan fingerprint density at radius 2 is 1.78 bits per heavy atom. The molecule has 36 heavy (non-hydrogen) atoms. The fraction of sp³-hybridized carbons (Fsp3) is 0.179. The fourth-order valence-corrected chi connectivity index (χ4v) is 4.06. The van der Waals surface area contributed by atoms with Crippen LogP contribution in [-0.2, 0) is 6.54 Å². The van der Waals surface area contributed by atoms with Gasteiger partial charge in [-0.05, 0) is 48.7 Å². The van der Waals surface area contributed by atoms with E-state index in [0.717, 1.165) is 24.1 Å². The van der Waals surface area contributed by atoms with Gasteiger partial charge in [-0.2, -0.15) is 9.78 Å². The van der Waals surface area contributed by atoms with Crippen LogP contribution in [0.2, 0.25) is 0 Å². The Balaban J connectivity index is 1.35. The molecule has 2 amide bonds. The van der Waals surface area contributed by atoms with E-state index in [2.05, 4.69) is 15.7 Å². The maximum atomic E-state index is 12.9. The monoisotopic (exact) mass is 482 g/mol. The third kappa shape index (κ3) is 4.93. The van der Waals surface area contributed by atoms with Crippen molar-refractivity contribution in [3.05, 3.63) is 95.7 Å². The number of phenolic OH excluding ortho intramolecular Hbond substituents is 1. The molecule has 0 saturated heterocycles. The summed E-state index contributed by atoms with van der Waals surface area (Å²) >= 11 is 0. The molecule has 0 radical (unpaired) electrons. The Morgan fingerprint density at radius 1 is 1.03 bits per heavy atom. The fourth-order valence-electron chi connectivity index (χ4n) is 4.06. The van der Waals surface area contributed by atoms with Gasteiger partial charge in [-0.1, -0.05) is 42.5 Å². The highest BCUT2D eigenvalue weighted by molar-refractivity contribution is 6.06. The predicted molar refractivity (Wildman–Crippen MR) is 136 cm³/mol. The summed E-state index contributed by atoms with van der Waals surface area (Å²) in [6, 6.07) is 23.0. The second-order valence-corrected chi connectivity index (χ2v) is 8.67. The van der Waals surface area contributed by atoms with Gasteiger partial charge in [0, 0.05) is 29.8 Å². The SMILES string of the molecule is COc1ccccc1C(=O)Nc1ccc(-c2cc(C3CC3)n(C(=O)NCc3ccccc3)n2)c(O)c1. The van der Waals surface area contributed by atoms with Crippen LogP contribution in [0.15, 0.2) is 78.9 Å². The van der Waals surface area contributed by atoms with Gasteiger partial charge in [0.05, 0.1) is 24.1 Å². The van der Waals surface area contributed by atoms with Gasteiger partial charge in [-0.3, -0.25) is 4.79 Å². The number of nitrogens with one attached hydrogen (secondary N) is 2. The Kier molecular flexibility index (Phi) is 6.40. The van der Waals surface area contributed by atoms with Gasteiger partial charge in [-0.15, -0.1) is 0 Å².